The van der Waals surface area contributed by atoms with Crippen molar-refractivity contribution in [2.45, 2.75) is 32.5 Å². The molecule has 0 saturated carbocycles. The molecule has 1 fully saturated rings. The van der Waals surface area contributed by atoms with Crippen molar-refractivity contribution in [3.63, 3.8) is 0 Å². The summed E-state index contributed by atoms with van der Waals surface area (Å²) >= 11 is 0. The van der Waals surface area contributed by atoms with Gasteiger partial charge in [-0.1, -0.05) is 6.92 Å². The van der Waals surface area contributed by atoms with E-state index in [0.717, 1.165) is 31.0 Å². The zero-order valence-corrected chi connectivity index (χ0v) is 8.75. The van der Waals surface area contributed by atoms with Crippen molar-refractivity contribution in [1.29, 1.82) is 0 Å². The van der Waals surface area contributed by atoms with Crippen molar-refractivity contribution in [2.75, 3.05) is 13.1 Å². The van der Waals surface area contributed by atoms with Crippen LogP contribution in [0.2, 0.25) is 0 Å². The molecular formula is C11H17NO2. The van der Waals surface area contributed by atoms with Crippen LogP contribution in [0.15, 0.2) is 16.5 Å². The SMILES string of the molecule is CCC1CNCC(c2ccc(C)o2)O1. The predicted molar refractivity (Wildman–Crippen MR) is 54.2 cm³/mol. The second-order valence-corrected chi connectivity index (χ2v) is 3.76. The Morgan fingerprint density at radius 3 is 2.93 bits per heavy atom. The molecule has 0 aliphatic carbocycles. The average molecular weight is 195 g/mol. The summed E-state index contributed by atoms with van der Waals surface area (Å²) in [5.74, 6) is 1.88. The Morgan fingerprint density at radius 2 is 2.29 bits per heavy atom. The monoisotopic (exact) mass is 195 g/mol. The van der Waals surface area contributed by atoms with Gasteiger partial charge in [-0.05, 0) is 25.5 Å². The maximum atomic E-state index is 5.88. The topological polar surface area (TPSA) is 34.4 Å². The van der Waals surface area contributed by atoms with E-state index in [9.17, 15) is 0 Å². The van der Waals surface area contributed by atoms with Gasteiger partial charge in [0.25, 0.3) is 0 Å². The highest BCUT2D eigenvalue weighted by Crippen LogP contribution is 2.23. The van der Waals surface area contributed by atoms with E-state index in [1.54, 1.807) is 0 Å². The Kier molecular flexibility index (Phi) is 2.89. The van der Waals surface area contributed by atoms with Crippen LogP contribution in [0.25, 0.3) is 0 Å². The largest absolute Gasteiger partial charge is 0.464 e. The molecule has 78 valence electrons. The first-order valence-corrected chi connectivity index (χ1v) is 5.22. The van der Waals surface area contributed by atoms with Gasteiger partial charge in [0.15, 0.2) is 0 Å². The van der Waals surface area contributed by atoms with Crippen LogP contribution in [0.4, 0.5) is 0 Å². The number of furan rings is 1. The molecule has 14 heavy (non-hydrogen) atoms. The molecule has 1 aliphatic heterocycles. The highest BCUT2D eigenvalue weighted by Gasteiger charge is 2.24. The number of hydrogen-bond acceptors (Lipinski definition) is 3. The van der Waals surface area contributed by atoms with Crippen LogP contribution >= 0.6 is 0 Å². The van der Waals surface area contributed by atoms with E-state index in [0.29, 0.717) is 6.10 Å². The molecule has 2 atom stereocenters. The van der Waals surface area contributed by atoms with Crippen molar-refractivity contribution in [3.05, 3.63) is 23.7 Å². The number of rotatable bonds is 2. The third kappa shape index (κ3) is 1.99. The number of ether oxygens (including phenoxy) is 1. The highest BCUT2D eigenvalue weighted by atomic mass is 16.5. The van der Waals surface area contributed by atoms with Gasteiger partial charge in [0.1, 0.15) is 17.6 Å². The van der Waals surface area contributed by atoms with E-state index in [1.807, 2.05) is 19.1 Å². The van der Waals surface area contributed by atoms with Gasteiger partial charge in [-0.15, -0.1) is 0 Å². The number of hydrogen-bond donors (Lipinski definition) is 1. The van der Waals surface area contributed by atoms with E-state index < -0.39 is 0 Å². The first kappa shape index (κ1) is 9.74. The Balaban J connectivity index is 2.04. The maximum absolute atomic E-state index is 5.88. The van der Waals surface area contributed by atoms with Crippen LogP contribution in [-0.4, -0.2) is 19.2 Å². The van der Waals surface area contributed by atoms with E-state index in [-0.39, 0.29) is 6.10 Å². The molecule has 2 rings (SSSR count). The molecule has 0 amide bonds. The molecule has 0 radical (unpaired) electrons. The second kappa shape index (κ2) is 4.15. The van der Waals surface area contributed by atoms with Crippen LogP contribution in [-0.2, 0) is 4.74 Å². The highest BCUT2D eigenvalue weighted by molar-refractivity contribution is 5.09. The van der Waals surface area contributed by atoms with Crippen LogP contribution in [0, 0.1) is 6.92 Å². The van der Waals surface area contributed by atoms with Crippen molar-refractivity contribution < 1.29 is 9.15 Å². The summed E-state index contributed by atoms with van der Waals surface area (Å²) < 4.78 is 11.4. The van der Waals surface area contributed by atoms with E-state index in [1.165, 1.54) is 0 Å². The molecule has 2 heterocycles. The van der Waals surface area contributed by atoms with E-state index in [2.05, 4.69) is 12.2 Å². The average Bonchev–Trinajstić information content (AvgIpc) is 2.65. The molecule has 0 aromatic carbocycles. The molecule has 1 aliphatic rings. The van der Waals surface area contributed by atoms with Gasteiger partial charge in [-0.3, -0.25) is 0 Å². The maximum Gasteiger partial charge on any atom is 0.134 e. The van der Waals surface area contributed by atoms with Gasteiger partial charge in [-0.2, -0.15) is 0 Å². The van der Waals surface area contributed by atoms with Crippen LogP contribution in [0.5, 0.6) is 0 Å². The van der Waals surface area contributed by atoms with Crippen molar-refractivity contribution in [1.82, 2.24) is 5.32 Å². The molecule has 1 N–H and O–H groups in total. The summed E-state index contributed by atoms with van der Waals surface area (Å²) in [7, 11) is 0. The lowest BCUT2D eigenvalue weighted by molar-refractivity contribution is -0.0498. The Morgan fingerprint density at radius 1 is 1.43 bits per heavy atom. The normalized spacial score (nSPS) is 27.9. The van der Waals surface area contributed by atoms with Gasteiger partial charge in [0.05, 0.1) is 6.10 Å². The Labute approximate surface area is 84.4 Å². The summed E-state index contributed by atoms with van der Waals surface area (Å²) in [4.78, 5) is 0. The Bertz CT molecular complexity index is 295. The summed E-state index contributed by atoms with van der Waals surface area (Å²) in [6.07, 6.45) is 1.45. The molecule has 3 nitrogen and oxygen atoms in total. The minimum Gasteiger partial charge on any atom is -0.464 e. The van der Waals surface area contributed by atoms with Crippen LogP contribution in [0.1, 0.15) is 31.0 Å². The van der Waals surface area contributed by atoms with Gasteiger partial charge < -0.3 is 14.5 Å². The lowest BCUT2D eigenvalue weighted by Crippen LogP contribution is -2.40. The molecular weight excluding hydrogens is 178 g/mol. The van der Waals surface area contributed by atoms with E-state index in [4.69, 9.17) is 9.15 Å². The number of morpholine rings is 1. The fraction of sp³-hybridized carbons (Fsp3) is 0.636. The predicted octanol–water partition coefficient (Wildman–Crippen LogP) is 2.03. The minimum absolute atomic E-state index is 0.0856. The Hall–Kier alpha value is -0.800. The van der Waals surface area contributed by atoms with Crippen molar-refractivity contribution in [2.24, 2.45) is 0 Å². The zero-order valence-electron chi connectivity index (χ0n) is 8.75. The summed E-state index contributed by atoms with van der Waals surface area (Å²) in [6, 6.07) is 3.98. The second-order valence-electron chi connectivity index (χ2n) is 3.76. The number of nitrogens with one attached hydrogen (secondary N) is 1. The lowest BCUT2D eigenvalue weighted by Gasteiger charge is -2.29. The summed E-state index contributed by atoms with van der Waals surface area (Å²) in [6.45, 7) is 5.90. The van der Waals surface area contributed by atoms with Crippen LogP contribution in [0.3, 0.4) is 0 Å². The van der Waals surface area contributed by atoms with Gasteiger partial charge in [-0.25, -0.2) is 0 Å². The number of aryl methyl sites for hydroxylation is 1. The van der Waals surface area contributed by atoms with Crippen molar-refractivity contribution >= 4 is 0 Å². The molecule has 1 aromatic rings. The summed E-state index contributed by atoms with van der Waals surface area (Å²) in [5.41, 5.74) is 0. The molecule has 2 unspecified atom stereocenters. The summed E-state index contributed by atoms with van der Waals surface area (Å²) in [5, 5.41) is 3.36. The first-order valence-electron chi connectivity index (χ1n) is 5.22. The third-order valence-corrected chi connectivity index (χ3v) is 2.59. The fourth-order valence-electron chi connectivity index (χ4n) is 1.74. The van der Waals surface area contributed by atoms with E-state index >= 15 is 0 Å². The smallest absolute Gasteiger partial charge is 0.134 e. The standard InChI is InChI=1S/C11H17NO2/c1-3-9-6-12-7-11(14-9)10-5-4-8(2)13-10/h4-5,9,11-12H,3,6-7H2,1-2H3. The lowest BCUT2D eigenvalue weighted by atomic mass is 10.2. The minimum atomic E-state index is 0.0856. The van der Waals surface area contributed by atoms with Gasteiger partial charge in [0.2, 0.25) is 0 Å². The quantitative estimate of drug-likeness (QED) is 0.784. The first-order chi connectivity index (χ1) is 6.79. The van der Waals surface area contributed by atoms with Crippen LogP contribution < -0.4 is 5.32 Å². The molecule has 0 bridgehead atoms. The van der Waals surface area contributed by atoms with Crippen molar-refractivity contribution in [3.8, 4) is 0 Å². The fourth-order valence-corrected chi connectivity index (χ4v) is 1.74. The molecule has 1 aromatic heterocycles. The third-order valence-electron chi connectivity index (χ3n) is 2.59. The molecule has 1 saturated heterocycles. The van der Waals surface area contributed by atoms with Gasteiger partial charge in [0, 0.05) is 13.1 Å². The molecule has 3 heteroatoms. The zero-order chi connectivity index (χ0) is 9.97. The molecule has 0 spiro atoms. The van der Waals surface area contributed by atoms with Gasteiger partial charge >= 0.3 is 0 Å².